The van der Waals surface area contributed by atoms with Gasteiger partial charge in [-0.05, 0) is 24.6 Å². The topological polar surface area (TPSA) is 130 Å². The van der Waals surface area contributed by atoms with Crippen LogP contribution in [0.3, 0.4) is 0 Å². The zero-order valence-corrected chi connectivity index (χ0v) is 15.6. The molecule has 2 heterocycles. The Morgan fingerprint density at radius 3 is 2.82 bits per heavy atom. The van der Waals surface area contributed by atoms with Crippen molar-refractivity contribution in [2.24, 2.45) is 0 Å². The predicted molar refractivity (Wildman–Crippen MR) is 101 cm³/mol. The van der Waals surface area contributed by atoms with E-state index in [4.69, 9.17) is 4.52 Å². The molecule has 0 aliphatic rings. The lowest BCUT2D eigenvalue weighted by Gasteiger charge is -2.12. The largest absolute Gasteiger partial charge is 0.545 e. The maximum absolute atomic E-state index is 12.7. The number of thioether (sulfide) groups is 1. The minimum absolute atomic E-state index is 0.0405. The number of aromatic nitrogens is 3. The smallest absolute Gasteiger partial charge is 0.262 e. The first-order chi connectivity index (χ1) is 13.4. The summed E-state index contributed by atoms with van der Waals surface area (Å²) in [7, 11) is 0. The normalized spacial score (nSPS) is 10.8. The van der Waals surface area contributed by atoms with Crippen LogP contribution >= 0.6 is 11.8 Å². The monoisotopic (exact) mass is 399 g/mol. The van der Waals surface area contributed by atoms with Crippen molar-refractivity contribution in [2.45, 2.75) is 18.6 Å². The van der Waals surface area contributed by atoms with Gasteiger partial charge in [-0.3, -0.25) is 14.2 Å². The number of nitrogens with one attached hydrogen (secondary N) is 1. The summed E-state index contributed by atoms with van der Waals surface area (Å²) < 4.78 is 6.25. The van der Waals surface area contributed by atoms with Gasteiger partial charge in [0.2, 0.25) is 5.91 Å². The number of aromatic carboxylic acids is 1. The second-order valence-electron chi connectivity index (χ2n) is 5.78. The number of hydrogen-bond acceptors (Lipinski definition) is 8. The highest BCUT2D eigenvalue weighted by molar-refractivity contribution is 7.99. The van der Waals surface area contributed by atoms with E-state index in [0.717, 1.165) is 11.8 Å². The van der Waals surface area contributed by atoms with E-state index in [1.807, 2.05) is 0 Å². The van der Waals surface area contributed by atoms with Gasteiger partial charge in [0.05, 0.1) is 22.6 Å². The summed E-state index contributed by atoms with van der Waals surface area (Å²) >= 11 is 1.04. The van der Waals surface area contributed by atoms with Crippen LogP contribution in [-0.4, -0.2) is 32.3 Å². The highest BCUT2D eigenvalue weighted by Crippen LogP contribution is 2.19. The molecule has 3 rings (SSSR count). The minimum Gasteiger partial charge on any atom is -0.545 e. The standard InChI is InChI=1S/C18H16N4O5S/c1-3-6-22-16(24)12-5-4-11(17(25)26)8-13(12)19-18(22)28-9-15(23)20-14-7-10(2)27-21-14/h3-5,7-8H,1,6,9H2,2H3,(H,25,26)(H,20,21,23)/p-1. The summed E-state index contributed by atoms with van der Waals surface area (Å²) in [5, 5.41) is 17.8. The Morgan fingerprint density at radius 1 is 1.39 bits per heavy atom. The van der Waals surface area contributed by atoms with E-state index in [-0.39, 0.29) is 51.2 Å². The molecule has 9 nitrogen and oxygen atoms in total. The van der Waals surface area contributed by atoms with Gasteiger partial charge in [-0.15, -0.1) is 6.58 Å². The summed E-state index contributed by atoms with van der Waals surface area (Å²) in [4.78, 5) is 40.3. The second-order valence-corrected chi connectivity index (χ2v) is 6.72. The van der Waals surface area contributed by atoms with Gasteiger partial charge >= 0.3 is 0 Å². The molecule has 10 heteroatoms. The number of benzene rings is 1. The number of allylic oxidation sites excluding steroid dienone is 1. The Bertz CT molecular complexity index is 1130. The van der Waals surface area contributed by atoms with Crippen molar-refractivity contribution >= 4 is 40.4 Å². The lowest BCUT2D eigenvalue weighted by molar-refractivity contribution is -0.255. The van der Waals surface area contributed by atoms with Gasteiger partial charge in [-0.1, -0.05) is 29.1 Å². The molecule has 28 heavy (non-hydrogen) atoms. The van der Waals surface area contributed by atoms with Crippen LogP contribution < -0.4 is 16.0 Å². The van der Waals surface area contributed by atoms with Crippen LogP contribution in [0.2, 0.25) is 0 Å². The van der Waals surface area contributed by atoms with Crippen molar-refractivity contribution < 1.29 is 19.2 Å². The van der Waals surface area contributed by atoms with E-state index in [2.05, 4.69) is 22.0 Å². The fourth-order valence-corrected chi connectivity index (χ4v) is 3.27. The van der Waals surface area contributed by atoms with Crippen LogP contribution in [0.1, 0.15) is 16.1 Å². The van der Waals surface area contributed by atoms with Crippen LogP contribution in [0.5, 0.6) is 0 Å². The molecule has 144 valence electrons. The first-order valence-corrected chi connectivity index (χ1v) is 9.10. The molecule has 0 unspecified atom stereocenters. The van der Waals surface area contributed by atoms with E-state index in [1.165, 1.54) is 28.8 Å². The molecule has 0 radical (unpaired) electrons. The lowest BCUT2D eigenvalue weighted by Crippen LogP contribution is -2.25. The highest BCUT2D eigenvalue weighted by Gasteiger charge is 2.14. The number of nitrogens with zero attached hydrogens (tertiary/aromatic N) is 3. The summed E-state index contributed by atoms with van der Waals surface area (Å²) in [5.74, 6) is -0.919. The molecule has 0 spiro atoms. The summed E-state index contributed by atoms with van der Waals surface area (Å²) in [6.07, 6.45) is 1.53. The summed E-state index contributed by atoms with van der Waals surface area (Å²) in [6, 6.07) is 5.53. The Morgan fingerprint density at radius 2 is 2.18 bits per heavy atom. The van der Waals surface area contributed by atoms with Crippen molar-refractivity contribution in [3.63, 3.8) is 0 Å². The molecular formula is C18H15N4O5S-. The van der Waals surface area contributed by atoms with Crippen LogP contribution in [0.4, 0.5) is 5.82 Å². The maximum atomic E-state index is 12.7. The first-order valence-electron chi connectivity index (χ1n) is 8.12. The van der Waals surface area contributed by atoms with Gasteiger partial charge in [0, 0.05) is 12.6 Å². The molecule has 0 atom stereocenters. The van der Waals surface area contributed by atoms with Gasteiger partial charge in [-0.25, -0.2) is 4.98 Å². The van der Waals surface area contributed by atoms with Crippen LogP contribution in [0, 0.1) is 6.92 Å². The van der Waals surface area contributed by atoms with Crippen molar-refractivity contribution in [3.8, 4) is 0 Å². The fraction of sp³-hybridized carbons (Fsp3) is 0.167. The Kier molecular flexibility index (Phi) is 5.59. The Balaban J connectivity index is 1.90. The third-order valence-corrected chi connectivity index (χ3v) is 4.67. The number of carboxylic acid groups (broad SMARTS) is 1. The SMILES string of the molecule is C=CCn1c(SCC(=O)Nc2cc(C)on2)nc2cc(C(=O)[O-])ccc2c1=O. The number of fused-ring (bicyclic) bond motifs is 1. The van der Waals surface area contributed by atoms with Crippen LogP contribution in [0.25, 0.3) is 10.9 Å². The van der Waals surface area contributed by atoms with Crippen molar-refractivity contribution in [2.75, 3.05) is 11.1 Å². The Labute approximate surface area is 163 Å². The second kappa shape index (κ2) is 8.09. The third kappa shape index (κ3) is 4.12. The van der Waals surface area contributed by atoms with E-state index in [9.17, 15) is 19.5 Å². The third-order valence-electron chi connectivity index (χ3n) is 3.70. The van der Waals surface area contributed by atoms with Crippen LogP contribution in [-0.2, 0) is 11.3 Å². The van der Waals surface area contributed by atoms with Gasteiger partial charge in [0.25, 0.3) is 5.56 Å². The Hall–Kier alpha value is -3.40. The predicted octanol–water partition coefficient (Wildman–Crippen LogP) is 0.973. The number of carbonyl (C=O) groups is 2. The van der Waals surface area contributed by atoms with E-state index in [1.54, 1.807) is 13.0 Å². The average Bonchev–Trinajstić information content (AvgIpc) is 3.06. The molecule has 0 aliphatic carbocycles. The number of rotatable bonds is 7. The molecule has 2 aromatic heterocycles. The van der Waals surface area contributed by atoms with Crippen molar-refractivity contribution in [1.29, 1.82) is 0 Å². The number of carbonyl (C=O) groups excluding carboxylic acids is 2. The van der Waals surface area contributed by atoms with E-state index in [0.29, 0.717) is 5.76 Å². The molecule has 1 amide bonds. The minimum atomic E-state index is -1.37. The number of aryl methyl sites for hydroxylation is 1. The molecule has 0 saturated heterocycles. The number of amides is 1. The summed E-state index contributed by atoms with van der Waals surface area (Å²) in [5.41, 5.74) is -0.233. The van der Waals surface area contributed by atoms with Crippen molar-refractivity contribution in [1.82, 2.24) is 14.7 Å². The molecule has 0 saturated carbocycles. The molecule has 0 bridgehead atoms. The zero-order valence-electron chi connectivity index (χ0n) is 14.8. The van der Waals surface area contributed by atoms with Gasteiger partial charge in [0.15, 0.2) is 11.0 Å². The number of anilines is 1. The highest BCUT2D eigenvalue weighted by atomic mass is 32.2. The molecule has 1 aromatic carbocycles. The van der Waals surface area contributed by atoms with Gasteiger partial charge < -0.3 is 19.7 Å². The first kappa shape index (κ1) is 19.4. The summed E-state index contributed by atoms with van der Waals surface area (Å²) in [6.45, 7) is 5.52. The number of hydrogen-bond donors (Lipinski definition) is 1. The van der Waals surface area contributed by atoms with Crippen molar-refractivity contribution in [3.05, 3.63) is 58.6 Å². The molecule has 0 fully saturated rings. The molecule has 0 aliphatic heterocycles. The quantitative estimate of drug-likeness (QED) is 0.353. The van der Waals surface area contributed by atoms with Gasteiger partial charge in [0.1, 0.15) is 5.76 Å². The molecule has 3 aromatic rings. The lowest BCUT2D eigenvalue weighted by atomic mass is 10.1. The number of carboxylic acids is 1. The zero-order chi connectivity index (χ0) is 20.3. The molecule has 1 N–H and O–H groups in total. The van der Waals surface area contributed by atoms with Crippen LogP contribution in [0.15, 0.2) is 51.4 Å². The van der Waals surface area contributed by atoms with Gasteiger partial charge in [-0.2, -0.15) is 0 Å². The van der Waals surface area contributed by atoms with E-state index >= 15 is 0 Å². The molecular weight excluding hydrogens is 384 g/mol. The maximum Gasteiger partial charge on any atom is 0.262 e. The average molecular weight is 399 g/mol. The fourth-order valence-electron chi connectivity index (χ4n) is 2.46. The van der Waals surface area contributed by atoms with E-state index < -0.39 is 5.97 Å².